The van der Waals surface area contributed by atoms with Crippen molar-refractivity contribution in [3.63, 3.8) is 0 Å². The summed E-state index contributed by atoms with van der Waals surface area (Å²) < 4.78 is 0.923. The summed E-state index contributed by atoms with van der Waals surface area (Å²) in [6.07, 6.45) is 0.767. The van der Waals surface area contributed by atoms with Gasteiger partial charge < -0.3 is 33.6 Å². The van der Waals surface area contributed by atoms with Gasteiger partial charge in [0.15, 0.2) is 0 Å². The van der Waals surface area contributed by atoms with Crippen LogP contribution in [-0.2, 0) is 0 Å². The molecule has 1 aromatic carbocycles. The van der Waals surface area contributed by atoms with Gasteiger partial charge >= 0.3 is 0 Å². The van der Waals surface area contributed by atoms with Gasteiger partial charge in [0.2, 0.25) is 0 Å². The minimum atomic E-state index is -0.382. The molecule has 104 valence electrons. The summed E-state index contributed by atoms with van der Waals surface area (Å²) in [7, 11) is 2.24. The zero-order chi connectivity index (χ0) is 12.9. The predicted molar refractivity (Wildman–Crippen MR) is 72.7 cm³/mol. The highest BCUT2D eigenvalue weighted by molar-refractivity contribution is 5.18. The van der Waals surface area contributed by atoms with Crippen molar-refractivity contribution in [3.05, 3.63) is 35.9 Å². The predicted octanol–water partition coefficient (Wildman–Crippen LogP) is -0.0110. The molecular weight excluding hydrogens is 337 g/mol. The van der Waals surface area contributed by atoms with Gasteiger partial charge in [-0.2, -0.15) is 0 Å². The molecule has 0 aromatic heterocycles. The average Bonchev–Trinajstić information content (AvgIpc) is 2.38. The normalized spacial score (nSPS) is 17.4. The van der Waals surface area contributed by atoms with E-state index in [1.807, 2.05) is 30.3 Å². The van der Waals surface area contributed by atoms with Crippen LogP contribution in [0.3, 0.4) is 0 Å². The Kier molecular flexibility index (Phi) is 8.06. The van der Waals surface area contributed by atoms with Crippen LogP contribution < -0.4 is 24.0 Å². The van der Waals surface area contributed by atoms with Crippen LogP contribution in [0.25, 0.3) is 0 Å². The molecule has 0 radical (unpaired) electrons. The molecule has 3 unspecified atom stereocenters. The van der Waals surface area contributed by atoms with Crippen LogP contribution >= 0.6 is 0 Å². The van der Waals surface area contributed by atoms with E-state index < -0.39 is 0 Å². The van der Waals surface area contributed by atoms with Gasteiger partial charge in [0.25, 0.3) is 0 Å². The van der Waals surface area contributed by atoms with Crippen LogP contribution in [-0.4, -0.2) is 35.8 Å². The number of hydrogen-bond donors (Lipinski definition) is 1. The van der Waals surface area contributed by atoms with Crippen molar-refractivity contribution >= 4 is 0 Å². The molecule has 0 saturated heterocycles. The fraction of sp³-hybridized carbons (Fsp3) is 0.600. The van der Waals surface area contributed by atoms with Crippen molar-refractivity contribution in [2.75, 3.05) is 20.1 Å². The summed E-state index contributed by atoms with van der Waals surface area (Å²) in [5.74, 6) is 0. The van der Waals surface area contributed by atoms with E-state index in [4.69, 9.17) is 0 Å². The summed E-state index contributed by atoms with van der Waals surface area (Å²) in [4.78, 5) is 0. The first-order valence-corrected chi connectivity index (χ1v) is 6.62. The van der Waals surface area contributed by atoms with Gasteiger partial charge in [-0.15, -0.1) is 0 Å². The maximum absolute atomic E-state index is 10.5. The third kappa shape index (κ3) is 4.21. The summed E-state index contributed by atoms with van der Waals surface area (Å²) in [5, 5.41) is 10.5. The van der Waals surface area contributed by atoms with E-state index in [1.54, 1.807) is 0 Å². The van der Waals surface area contributed by atoms with Gasteiger partial charge in [0, 0.05) is 0 Å². The first-order chi connectivity index (χ1) is 8.05. The molecule has 0 aliphatic heterocycles. The number of likely N-dealkylation sites (N-methyl/N-ethyl adjacent to an activating group) is 1. The smallest absolute Gasteiger partial charge is 0.130 e. The summed E-state index contributed by atoms with van der Waals surface area (Å²) in [6, 6.07) is 10.2. The van der Waals surface area contributed by atoms with Gasteiger partial charge in [-0.3, -0.25) is 0 Å². The third-order valence-electron chi connectivity index (χ3n) is 4.04. The van der Waals surface area contributed by atoms with Gasteiger partial charge in [-0.25, -0.2) is 0 Å². The molecule has 0 heterocycles. The van der Waals surface area contributed by atoms with Crippen molar-refractivity contribution in [1.29, 1.82) is 0 Å². The Morgan fingerprint density at radius 1 is 1.17 bits per heavy atom. The number of halogens is 1. The van der Waals surface area contributed by atoms with Gasteiger partial charge in [0.1, 0.15) is 12.1 Å². The Labute approximate surface area is 129 Å². The second-order valence-electron chi connectivity index (χ2n) is 5.12. The molecule has 3 atom stereocenters. The van der Waals surface area contributed by atoms with Crippen LogP contribution in [0, 0.1) is 0 Å². The van der Waals surface area contributed by atoms with E-state index in [2.05, 4.69) is 27.8 Å². The Hall–Kier alpha value is -0.130. The zero-order valence-electron chi connectivity index (χ0n) is 11.9. The van der Waals surface area contributed by atoms with Crippen LogP contribution in [0.5, 0.6) is 0 Å². The minimum absolute atomic E-state index is 0. The molecule has 1 rings (SSSR count). The number of rotatable bonds is 6. The van der Waals surface area contributed by atoms with Crippen LogP contribution in [0.4, 0.5) is 0 Å². The van der Waals surface area contributed by atoms with Crippen molar-refractivity contribution < 1.29 is 33.6 Å². The minimum Gasteiger partial charge on any atom is -1.00 e. The van der Waals surface area contributed by atoms with E-state index in [1.165, 1.54) is 0 Å². The second-order valence-corrected chi connectivity index (χ2v) is 5.12. The van der Waals surface area contributed by atoms with E-state index in [-0.39, 0.29) is 36.1 Å². The Bertz CT molecular complexity index is 331. The van der Waals surface area contributed by atoms with E-state index >= 15 is 0 Å². The lowest BCUT2D eigenvalue weighted by Gasteiger charge is -2.41. The topological polar surface area (TPSA) is 20.2 Å². The molecular formula is C15H26INO. The Morgan fingerprint density at radius 3 is 2.17 bits per heavy atom. The van der Waals surface area contributed by atoms with E-state index in [0.29, 0.717) is 0 Å². The number of nitrogens with zero attached hydrogens (tertiary/aromatic N) is 1. The average molecular weight is 363 g/mol. The van der Waals surface area contributed by atoms with Gasteiger partial charge in [-0.1, -0.05) is 37.3 Å². The van der Waals surface area contributed by atoms with Gasteiger partial charge in [-0.05, 0) is 25.8 Å². The second kappa shape index (κ2) is 8.12. The van der Waals surface area contributed by atoms with Gasteiger partial charge in [0.05, 0.1) is 20.1 Å². The largest absolute Gasteiger partial charge is 1.00 e. The Morgan fingerprint density at radius 2 is 1.72 bits per heavy atom. The Balaban J connectivity index is 0.00000289. The van der Waals surface area contributed by atoms with E-state index in [0.717, 1.165) is 29.6 Å². The maximum atomic E-state index is 10.5. The number of aliphatic hydroxyl groups is 1. The molecule has 0 aliphatic rings. The monoisotopic (exact) mass is 363 g/mol. The molecule has 0 spiro atoms. The van der Waals surface area contributed by atoms with Crippen LogP contribution in [0.1, 0.15) is 38.9 Å². The van der Waals surface area contributed by atoms with Crippen molar-refractivity contribution in [1.82, 2.24) is 0 Å². The molecule has 2 nitrogen and oxygen atoms in total. The number of hydrogen-bond acceptors (Lipinski definition) is 1. The zero-order valence-corrected chi connectivity index (χ0v) is 14.1. The summed E-state index contributed by atoms with van der Waals surface area (Å²) in [6.45, 7) is 8.72. The fourth-order valence-electron chi connectivity index (χ4n) is 2.43. The summed E-state index contributed by atoms with van der Waals surface area (Å²) >= 11 is 0. The molecule has 0 aliphatic carbocycles. The van der Waals surface area contributed by atoms with Crippen molar-refractivity contribution in [2.45, 2.75) is 39.3 Å². The van der Waals surface area contributed by atoms with Crippen LogP contribution in [0.15, 0.2) is 30.3 Å². The van der Waals surface area contributed by atoms with Crippen LogP contribution in [0.2, 0.25) is 0 Å². The van der Waals surface area contributed by atoms with Crippen molar-refractivity contribution in [3.8, 4) is 0 Å². The molecule has 3 heteroatoms. The number of benzene rings is 1. The lowest BCUT2D eigenvalue weighted by molar-refractivity contribution is -0.934. The maximum Gasteiger partial charge on any atom is 0.130 e. The van der Waals surface area contributed by atoms with Crippen molar-refractivity contribution in [2.24, 2.45) is 0 Å². The molecule has 0 amide bonds. The standard InChI is InChI=1S/C15H26NO.HI/c1-5-12-16(4,6-2)13(3)15(17)14-10-8-7-9-11-14;/h7-11,13,15,17H,5-6,12H2,1-4H3;1H/q+1;/p-1. The lowest BCUT2D eigenvalue weighted by Crippen LogP contribution is -3.00. The molecule has 0 bridgehead atoms. The SMILES string of the molecule is CCC[N+](C)(CC)C(C)C(O)c1ccccc1.[I-]. The lowest BCUT2D eigenvalue weighted by atomic mass is 10.0. The number of aliphatic hydroxyl groups excluding tert-OH is 1. The first kappa shape index (κ1) is 17.9. The molecule has 0 saturated carbocycles. The molecule has 18 heavy (non-hydrogen) atoms. The highest BCUT2D eigenvalue weighted by Crippen LogP contribution is 2.25. The summed E-state index contributed by atoms with van der Waals surface area (Å²) in [5.41, 5.74) is 1.02. The molecule has 1 aromatic rings. The third-order valence-corrected chi connectivity index (χ3v) is 4.04. The molecule has 1 N–H and O–H groups in total. The molecule has 0 fully saturated rings. The fourth-order valence-corrected chi connectivity index (χ4v) is 2.43. The van der Waals surface area contributed by atoms with E-state index in [9.17, 15) is 5.11 Å². The number of quaternary nitrogens is 1. The quantitative estimate of drug-likeness (QED) is 0.557. The highest BCUT2D eigenvalue weighted by Gasteiger charge is 2.32. The highest BCUT2D eigenvalue weighted by atomic mass is 127. The first-order valence-electron chi connectivity index (χ1n) is 6.62.